The van der Waals surface area contributed by atoms with E-state index in [9.17, 15) is 0 Å². The lowest BCUT2D eigenvalue weighted by atomic mass is 9.82. The second kappa shape index (κ2) is 7.44. The standard InChI is InChI=1S/C17H25BrO/c1-13(2)9-11-19-12-10-15-8-7-14-5-3-4-6-16(14)17(15)18/h3-6,13,15,17H,7-12H2,1-2H3. The van der Waals surface area contributed by atoms with Gasteiger partial charge < -0.3 is 4.74 Å². The van der Waals surface area contributed by atoms with Crippen molar-refractivity contribution in [3.63, 3.8) is 0 Å². The Labute approximate surface area is 125 Å². The van der Waals surface area contributed by atoms with E-state index in [4.69, 9.17) is 4.74 Å². The summed E-state index contributed by atoms with van der Waals surface area (Å²) < 4.78 is 5.76. The van der Waals surface area contributed by atoms with Crippen LogP contribution in [0.4, 0.5) is 0 Å². The average molecular weight is 325 g/mol. The monoisotopic (exact) mass is 324 g/mol. The van der Waals surface area contributed by atoms with Crippen LogP contribution in [0.5, 0.6) is 0 Å². The van der Waals surface area contributed by atoms with E-state index >= 15 is 0 Å². The molecule has 2 unspecified atom stereocenters. The fraction of sp³-hybridized carbons (Fsp3) is 0.647. The molecule has 106 valence electrons. The number of benzene rings is 1. The van der Waals surface area contributed by atoms with E-state index in [0.717, 1.165) is 19.1 Å². The molecule has 1 nitrogen and oxygen atoms in total. The molecular formula is C17H25BrO. The topological polar surface area (TPSA) is 9.23 Å². The lowest BCUT2D eigenvalue weighted by Gasteiger charge is -2.30. The maximum Gasteiger partial charge on any atom is 0.0469 e. The van der Waals surface area contributed by atoms with E-state index in [-0.39, 0.29) is 0 Å². The summed E-state index contributed by atoms with van der Waals surface area (Å²) in [6.45, 7) is 6.31. The van der Waals surface area contributed by atoms with Crippen molar-refractivity contribution in [1.82, 2.24) is 0 Å². The summed E-state index contributed by atoms with van der Waals surface area (Å²) in [5, 5.41) is 0. The average Bonchev–Trinajstić information content (AvgIpc) is 2.41. The summed E-state index contributed by atoms with van der Waals surface area (Å²) in [4.78, 5) is 0.506. The lowest BCUT2D eigenvalue weighted by Crippen LogP contribution is -2.18. The van der Waals surface area contributed by atoms with Crippen LogP contribution in [0.15, 0.2) is 24.3 Å². The van der Waals surface area contributed by atoms with E-state index < -0.39 is 0 Å². The van der Waals surface area contributed by atoms with Crippen molar-refractivity contribution in [1.29, 1.82) is 0 Å². The minimum Gasteiger partial charge on any atom is -0.381 e. The molecule has 0 N–H and O–H groups in total. The third-order valence-corrected chi connectivity index (χ3v) is 5.26. The summed E-state index contributed by atoms with van der Waals surface area (Å²) in [5.41, 5.74) is 3.00. The van der Waals surface area contributed by atoms with Crippen molar-refractivity contribution in [3.05, 3.63) is 35.4 Å². The number of aryl methyl sites for hydroxylation is 1. The molecule has 0 saturated heterocycles. The molecule has 0 fully saturated rings. The van der Waals surface area contributed by atoms with Crippen LogP contribution in [0.2, 0.25) is 0 Å². The van der Waals surface area contributed by atoms with Crippen molar-refractivity contribution < 1.29 is 4.74 Å². The molecule has 19 heavy (non-hydrogen) atoms. The van der Waals surface area contributed by atoms with Crippen molar-refractivity contribution in [2.45, 2.75) is 44.4 Å². The highest BCUT2D eigenvalue weighted by molar-refractivity contribution is 9.09. The summed E-state index contributed by atoms with van der Waals surface area (Å²) in [7, 11) is 0. The Kier molecular flexibility index (Phi) is 5.90. The Morgan fingerprint density at radius 1 is 1.26 bits per heavy atom. The van der Waals surface area contributed by atoms with Gasteiger partial charge in [0.1, 0.15) is 0 Å². The molecule has 0 aromatic heterocycles. The van der Waals surface area contributed by atoms with Crippen molar-refractivity contribution in [2.75, 3.05) is 13.2 Å². The molecule has 2 atom stereocenters. The molecular weight excluding hydrogens is 300 g/mol. The molecule has 1 aliphatic rings. The minimum atomic E-state index is 0.506. The predicted molar refractivity (Wildman–Crippen MR) is 84.8 cm³/mol. The van der Waals surface area contributed by atoms with Crippen LogP contribution < -0.4 is 0 Å². The molecule has 2 heteroatoms. The Hall–Kier alpha value is -0.340. The summed E-state index contributed by atoms with van der Waals surface area (Å²) in [5.74, 6) is 1.46. The van der Waals surface area contributed by atoms with Crippen LogP contribution in [0.25, 0.3) is 0 Å². The van der Waals surface area contributed by atoms with E-state index in [0.29, 0.717) is 10.7 Å². The first-order valence-corrected chi connectivity index (χ1v) is 8.39. The molecule has 0 saturated carbocycles. The Bertz CT molecular complexity index is 389. The maximum absolute atomic E-state index is 5.76. The zero-order chi connectivity index (χ0) is 13.7. The molecule has 0 aliphatic heterocycles. The predicted octanol–water partition coefficient (Wildman–Crippen LogP) is 5.14. The molecule has 0 amide bonds. The van der Waals surface area contributed by atoms with Gasteiger partial charge in [-0.2, -0.15) is 0 Å². The van der Waals surface area contributed by atoms with Crippen LogP contribution >= 0.6 is 15.9 Å². The van der Waals surface area contributed by atoms with Gasteiger partial charge in [0, 0.05) is 18.0 Å². The number of halogens is 1. The zero-order valence-corrected chi connectivity index (χ0v) is 13.7. The quantitative estimate of drug-likeness (QED) is 0.520. The fourth-order valence-corrected chi connectivity index (χ4v) is 3.69. The van der Waals surface area contributed by atoms with Crippen LogP contribution in [-0.4, -0.2) is 13.2 Å². The molecule has 0 spiro atoms. The van der Waals surface area contributed by atoms with Gasteiger partial charge in [-0.1, -0.05) is 54.0 Å². The lowest BCUT2D eigenvalue weighted by molar-refractivity contribution is 0.108. The Morgan fingerprint density at radius 2 is 2.05 bits per heavy atom. The number of hydrogen-bond acceptors (Lipinski definition) is 1. The zero-order valence-electron chi connectivity index (χ0n) is 12.1. The minimum absolute atomic E-state index is 0.506. The van der Waals surface area contributed by atoms with E-state index in [1.807, 2.05) is 0 Å². The highest BCUT2D eigenvalue weighted by Gasteiger charge is 2.26. The smallest absolute Gasteiger partial charge is 0.0469 e. The number of rotatable bonds is 6. The van der Waals surface area contributed by atoms with E-state index in [1.54, 1.807) is 0 Å². The van der Waals surface area contributed by atoms with Gasteiger partial charge in [-0.15, -0.1) is 0 Å². The third-order valence-electron chi connectivity index (χ3n) is 4.02. The first-order chi connectivity index (χ1) is 9.18. The van der Waals surface area contributed by atoms with Gasteiger partial charge in [-0.25, -0.2) is 0 Å². The number of ether oxygens (including phenoxy) is 1. The molecule has 1 aliphatic carbocycles. The number of hydrogen-bond donors (Lipinski definition) is 0. The summed E-state index contributed by atoms with van der Waals surface area (Å²) >= 11 is 3.89. The SMILES string of the molecule is CC(C)CCOCCC1CCc2ccccc2C1Br. The van der Waals surface area contributed by atoms with Crippen molar-refractivity contribution in [3.8, 4) is 0 Å². The third kappa shape index (κ3) is 4.32. The summed E-state index contributed by atoms with van der Waals surface area (Å²) in [6.07, 6.45) is 4.84. The second-order valence-corrected chi connectivity index (χ2v) is 6.97. The van der Waals surface area contributed by atoms with Crippen LogP contribution in [0, 0.1) is 11.8 Å². The molecule has 0 radical (unpaired) electrons. The first-order valence-electron chi connectivity index (χ1n) is 7.48. The highest BCUT2D eigenvalue weighted by Crippen LogP contribution is 2.41. The molecule has 2 rings (SSSR count). The van der Waals surface area contributed by atoms with Crippen molar-refractivity contribution in [2.24, 2.45) is 11.8 Å². The Balaban J connectivity index is 1.77. The van der Waals surface area contributed by atoms with Crippen LogP contribution in [0.1, 0.15) is 49.1 Å². The molecule has 0 bridgehead atoms. The number of fused-ring (bicyclic) bond motifs is 1. The summed E-state index contributed by atoms with van der Waals surface area (Å²) in [6, 6.07) is 8.82. The van der Waals surface area contributed by atoms with Gasteiger partial charge in [0.25, 0.3) is 0 Å². The molecule has 0 heterocycles. The van der Waals surface area contributed by atoms with E-state index in [1.165, 1.54) is 36.8 Å². The van der Waals surface area contributed by atoms with Crippen LogP contribution in [0.3, 0.4) is 0 Å². The number of alkyl halides is 1. The molecule has 1 aromatic rings. The Morgan fingerprint density at radius 3 is 2.84 bits per heavy atom. The van der Waals surface area contributed by atoms with Gasteiger partial charge in [-0.05, 0) is 48.6 Å². The molecule has 1 aromatic carbocycles. The second-order valence-electron chi connectivity index (χ2n) is 5.98. The van der Waals surface area contributed by atoms with Crippen molar-refractivity contribution >= 4 is 15.9 Å². The van der Waals surface area contributed by atoms with Gasteiger partial charge in [0.15, 0.2) is 0 Å². The highest BCUT2D eigenvalue weighted by atomic mass is 79.9. The van der Waals surface area contributed by atoms with Gasteiger partial charge in [-0.3, -0.25) is 0 Å². The van der Waals surface area contributed by atoms with E-state index in [2.05, 4.69) is 54.0 Å². The van der Waals surface area contributed by atoms with Crippen LogP contribution in [-0.2, 0) is 11.2 Å². The van der Waals surface area contributed by atoms with Gasteiger partial charge >= 0.3 is 0 Å². The maximum atomic E-state index is 5.76. The largest absolute Gasteiger partial charge is 0.381 e. The normalized spacial score (nSPS) is 22.5. The van der Waals surface area contributed by atoms with Gasteiger partial charge in [0.2, 0.25) is 0 Å². The first kappa shape index (κ1) is 15.1. The van der Waals surface area contributed by atoms with Gasteiger partial charge in [0.05, 0.1) is 0 Å². The fourth-order valence-electron chi connectivity index (χ4n) is 2.72.